The number of hydrogen-bond donors (Lipinski definition) is 1. The lowest BCUT2D eigenvalue weighted by Gasteiger charge is -2.10. The summed E-state index contributed by atoms with van der Waals surface area (Å²) in [7, 11) is 0. The van der Waals surface area contributed by atoms with E-state index < -0.39 is 0 Å². The first-order chi connectivity index (χ1) is 16.7. The van der Waals surface area contributed by atoms with Gasteiger partial charge < -0.3 is 9.88 Å². The lowest BCUT2D eigenvalue weighted by Crippen LogP contribution is -2.15. The highest BCUT2D eigenvalue weighted by Gasteiger charge is 2.29. The molecule has 0 aliphatic carbocycles. The number of hydrogen-bond acceptors (Lipinski definition) is 1. The van der Waals surface area contributed by atoms with Gasteiger partial charge in [-0.2, -0.15) is 0 Å². The van der Waals surface area contributed by atoms with E-state index >= 15 is 0 Å². The highest BCUT2D eigenvalue weighted by molar-refractivity contribution is 6.31. The van der Waals surface area contributed by atoms with Crippen molar-refractivity contribution in [2.24, 2.45) is 0 Å². The van der Waals surface area contributed by atoms with Gasteiger partial charge in [-0.25, -0.2) is 0 Å². The second-order valence-corrected chi connectivity index (χ2v) is 9.15. The second kappa shape index (κ2) is 8.54. The summed E-state index contributed by atoms with van der Waals surface area (Å²) in [6.45, 7) is 0.932. The number of rotatable bonds is 4. The highest BCUT2D eigenvalue weighted by atomic mass is 35.5. The summed E-state index contributed by atoms with van der Waals surface area (Å²) >= 11 is 6.18. The first kappa shape index (κ1) is 20.8. The van der Waals surface area contributed by atoms with Gasteiger partial charge in [0.1, 0.15) is 11.3 Å². The van der Waals surface area contributed by atoms with Crippen molar-refractivity contribution >= 4 is 28.8 Å². The molecule has 0 unspecified atom stereocenters. The molecule has 6 rings (SSSR count). The van der Waals surface area contributed by atoms with E-state index in [0.717, 1.165) is 53.8 Å². The molecule has 0 spiro atoms. The summed E-state index contributed by atoms with van der Waals surface area (Å²) in [5, 5.41) is 3.68. The minimum absolute atomic E-state index is 0.139. The fraction of sp³-hybridized carbons (Fsp3) is 0.138. The van der Waals surface area contributed by atoms with E-state index in [2.05, 4.69) is 56.9 Å². The number of nitrogens with zero attached hydrogens (tertiary/aromatic N) is 2. The number of carbonyl (C=O) groups excluding carboxylic acids is 1. The molecule has 1 amide bonds. The number of benzene rings is 3. The van der Waals surface area contributed by atoms with Gasteiger partial charge in [0.2, 0.25) is 0 Å². The van der Waals surface area contributed by atoms with Crippen LogP contribution in [0.5, 0.6) is 0 Å². The van der Waals surface area contributed by atoms with Gasteiger partial charge in [0.05, 0.1) is 5.69 Å². The molecule has 0 atom stereocenters. The number of carbonyl (C=O) groups is 1. The molecule has 5 aromatic rings. The number of anilines is 1. The Morgan fingerprint density at radius 1 is 0.853 bits per heavy atom. The largest absolute Gasteiger partial charge is 0.325 e. The molecule has 0 fully saturated rings. The monoisotopic (exact) mass is 465 g/mol. The molecule has 1 aliphatic heterocycles. The average molecular weight is 466 g/mol. The molecule has 1 aliphatic rings. The maximum absolute atomic E-state index is 13.8. The van der Waals surface area contributed by atoms with Crippen molar-refractivity contribution < 1.29 is 4.79 Å². The Balaban J connectivity index is 1.61. The van der Waals surface area contributed by atoms with E-state index in [0.29, 0.717) is 16.4 Å². The molecular formula is C29H24ClN3O. The maximum atomic E-state index is 13.8. The quantitative estimate of drug-likeness (QED) is 0.296. The zero-order chi connectivity index (χ0) is 23.1. The maximum Gasteiger partial charge on any atom is 0.273 e. The predicted molar refractivity (Wildman–Crippen MR) is 139 cm³/mol. The molecule has 4 nitrogen and oxygen atoms in total. The molecule has 3 heterocycles. The number of aryl methyl sites for hydroxylation is 2. The van der Waals surface area contributed by atoms with Crippen molar-refractivity contribution in [2.45, 2.75) is 25.8 Å². The van der Waals surface area contributed by atoms with Crippen molar-refractivity contribution in [3.63, 3.8) is 0 Å². The van der Waals surface area contributed by atoms with Gasteiger partial charge in [0, 0.05) is 34.6 Å². The zero-order valence-corrected chi connectivity index (χ0v) is 19.4. The third kappa shape index (κ3) is 3.51. The van der Waals surface area contributed by atoms with Gasteiger partial charge in [-0.05, 0) is 48.6 Å². The van der Waals surface area contributed by atoms with E-state index in [4.69, 9.17) is 11.6 Å². The van der Waals surface area contributed by atoms with Gasteiger partial charge in [0.25, 0.3) is 5.91 Å². The normalized spacial score (nSPS) is 13.1. The van der Waals surface area contributed by atoms with E-state index in [1.807, 2.05) is 36.4 Å². The third-order valence-electron chi connectivity index (χ3n) is 6.56. The summed E-state index contributed by atoms with van der Waals surface area (Å²) in [5.41, 5.74) is 8.07. The number of imidazole rings is 1. The van der Waals surface area contributed by atoms with Crippen LogP contribution in [0.3, 0.4) is 0 Å². The van der Waals surface area contributed by atoms with Crippen LogP contribution >= 0.6 is 11.6 Å². The number of amides is 1. The summed E-state index contributed by atoms with van der Waals surface area (Å²) < 4.78 is 4.49. The van der Waals surface area contributed by atoms with Crippen molar-refractivity contribution in [2.75, 3.05) is 5.32 Å². The van der Waals surface area contributed by atoms with Crippen LogP contribution in [-0.2, 0) is 13.0 Å². The van der Waals surface area contributed by atoms with Gasteiger partial charge in [-0.15, -0.1) is 0 Å². The Kier molecular flexibility index (Phi) is 5.23. The molecule has 1 N–H and O–H groups in total. The molecular weight excluding hydrogens is 442 g/mol. The van der Waals surface area contributed by atoms with E-state index in [1.54, 1.807) is 12.1 Å². The number of nitrogens with one attached hydrogen (secondary N) is 1. The predicted octanol–water partition coefficient (Wildman–Crippen LogP) is 7.32. The standard InChI is InChI=1S/C29H24ClN3O/c30-22-14-9-15-23(18-22)31-28(34)27-26(21-12-5-2-6-13-21)24-16-7-8-17-32-25(19-33(27)29(24)32)20-10-3-1-4-11-20/h1-6,9-15,18-19H,7-8,16-17H2,(H,31,34). The van der Waals surface area contributed by atoms with Crippen LogP contribution in [0, 0.1) is 0 Å². The second-order valence-electron chi connectivity index (χ2n) is 8.72. The van der Waals surface area contributed by atoms with E-state index in [9.17, 15) is 4.79 Å². The van der Waals surface area contributed by atoms with Crippen LogP contribution in [0.2, 0.25) is 5.02 Å². The fourth-order valence-corrected chi connectivity index (χ4v) is 5.31. The lowest BCUT2D eigenvalue weighted by atomic mass is 9.98. The molecule has 168 valence electrons. The van der Waals surface area contributed by atoms with Crippen molar-refractivity contribution in [1.29, 1.82) is 0 Å². The summed E-state index contributed by atoms with van der Waals surface area (Å²) in [6, 6.07) is 28.0. The summed E-state index contributed by atoms with van der Waals surface area (Å²) in [4.78, 5) is 13.8. The first-order valence-corrected chi connectivity index (χ1v) is 12.0. The van der Waals surface area contributed by atoms with Gasteiger partial charge >= 0.3 is 0 Å². The molecule has 0 radical (unpaired) electrons. The fourth-order valence-electron chi connectivity index (χ4n) is 5.12. The van der Waals surface area contributed by atoms with Crippen LogP contribution in [0.4, 0.5) is 5.69 Å². The first-order valence-electron chi connectivity index (χ1n) is 11.6. The van der Waals surface area contributed by atoms with Crippen LogP contribution < -0.4 is 5.32 Å². The van der Waals surface area contributed by atoms with Crippen LogP contribution in [0.25, 0.3) is 28.0 Å². The Morgan fingerprint density at radius 2 is 1.59 bits per heavy atom. The SMILES string of the molecule is O=C(Nc1cccc(Cl)c1)c1c(-c2ccccc2)c2c3n(c(-c4ccccc4)cn13)CCCC2. The molecule has 34 heavy (non-hydrogen) atoms. The van der Waals surface area contributed by atoms with Crippen LogP contribution in [0.1, 0.15) is 28.9 Å². The topological polar surface area (TPSA) is 38.4 Å². The molecule has 0 bridgehead atoms. The average Bonchev–Trinajstić information content (AvgIpc) is 3.28. The minimum Gasteiger partial charge on any atom is -0.325 e. The van der Waals surface area contributed by atoms with E-state index in [-0.39, 0.29) is 5.91 Å². The Bertz CT molecular complexity index is 1500. The zero-order valence-electron chi connectivity index (χ0n) is 18.7. The van der Waals surface area contributed by atoms with Gasteiger partial charge in [0.15, 0.2) is 0 Å². The minimum atomic E-state index is -0.139. The molecule has 5 heteroatoms. The van der Waals surface area contributed by atoms with Gasteiger partial charge in [-0.1, -0.05) is 78.3 Å². The Morgan fingerprint density at radius 3 is 2.32 bits per heavy atom. The highest BCUT2D eigenvalue weighted by Crippen LogP contribution is 2.39. The smallest absolute Gasteiger partial charge is 0.273 e. The van der Waals surface area contributed by atoms with E-state index in [1.165, 1.54) is 5.56 Å². The van der Waals surface area contributed by atoms with Crippen LogP contribution in [0.15, 0.2) is 91.1 Å². The third-order valence-corrected chi connectivity index (χ3v) is 6.80. The molecule has 2 aromatic heterocycles. The molecule has 3 aromatic carbocycles. The Labute approximate surface area is 203 Å². The molecule has 0 saturated heterocycles. The lowest BCUT2D eigenvalue weighted by molar-refractivity contribution is 0.102. The summed E-state index contributed by atoms with van der Waals surface area (Å²) in [6.07, 6.45) is 5.26. The number of halogens is 1. The van der Waals surface area contributed by atoms with Crippen molar-refractivity contribution in [3.8, 4) is 22.4 Å². The van der Waals surface area contributed by atoms with Crippen molar-refractivity contribution in [1.82, 2.24) is 8.97 Å². The van der Waals surface area contributed by atoms with Gasteiger partial charge in [-0.3, -0.25) is 9.20 Å². The number of aromatic nitrogens is 2. The summed E-state index contributed by atoms with van der Waals surface area (Å²) in [5.74, 6) is -0.139. The Hall–Kier alpha value is -3.76. The van der Waals surface area contributed by atoms with Crippen LogP contribution in [-0.4, -0.2) is 14.9 Å². The molecule has 0 saturated carbocycles. The van der Waals surface area contributed by atoms with Crippen molar-refractivity contribution in [3.05, 3.63) is 107 Å².